The van der Waals surface area contributed by atoms with Crippen molar-refractivity contribution in [3.05, 3.63) is 74.8 Å². The Hall–Kier alpha value is -3.65. The molecular weight excluding hydrogens is 374 g/mol. The molecule has 0 heterocycles. The lowest BCUT2D eigenvalue weighted by Gasteiger charge is -2.06. The van der Waals surface area contributed by atoms with Crippen LogP contribution in [-0.2, 0) is 0 Å². The number of nitro benzene ring substituents is 1. The predicted octanol–water partition coefficient (Wildman–Crippen LogP) is 3.58. The SMILES string of the molecule is O=C(NN=Cc1cc(Cl)cc([N+](=O)[O-])c1O)c1cc2ccccc2cc1O. The van der Waals surface area contributed by atoms with E-state index in [9.17, 15) is 25.1 Å². The fourth-order valence-corrected chi connectivity index (χ4v) is 2.69. The molecular formula is C18H12ClN3O5. The highest BCUT2D eigenvalue weighted by Crippen LogP contribution is 2.32. The second kappa shape index (κ2) is 7.30. The van der Waals surface area contributed by atoms with Gasteiger partial charge in [-0.3, -0.25) is 14.9 Å². The number of benzene rings is 3. The summed E-state index contributed by atoms with van der Waals surface area (Å²) in [6, 6.07) is 12.4. The summed E-state index contributed by atoms with van der Waals surface area (Å²) in [6.45, 7) is 0. The molecule has 0 aromatic heterocycles. The number of hydrogen-bond donors (Lipinski definition) is 3. The number of carbonyl (C=O) groups excluding carboxylic acids is 1. The summed E-state index contributed by atoms with van der Waals surface area (Å²) in [5.41, 5.74) is 1.58. The zero-order chi connectivity index (χ0) is 19.6. The van der Waals surface area contributed by atoms with Gasteiger partial charge in [-0.25, -0.2) is 5.43 Å². The van der Waals surface area contributed by atoms with Crippen LogP contribution in [0.2, 0.25) is 5.02 Å². The third-order valence-corrected chi connectivity index (χ3v) is 3.98. The van der Waals surface area contributed by atoms with Gasteiger partial charge in [0, 0.05) is 16.7 Å². The second-order valence-electron chi connectivity index (χ2n) is 5.54. The molecule has 0 spiro atoms. The minimum atomic E-state index is -0.787. The predicted molar refractivity (Wildman–Crippen MR) is 100 cm³/mol. The molecule has 27 heavy (non-hydrogen) atoms. The Bertz CT molecular complexity index is 1100. The highest BCUT2D eigenvalue weighted by Gasteiger charge is 2.18. The molecule has 0 aliphatic rings. The Kier molecular flexibility index (Phi) is 4.91. The van der Waals surface area contributed by atoms with Crippen LogP contribution in [0.4, 0.5) is 5.69 Å². The summed E-state index contributed by atoms with van der Waals surface area (Å²) in [4.78, 5) is 22.3. The zero-order valence-corrected chi connectivity index (χ0v) is 14.3. The first kappa shape index (κ1) is 18.2. The first-order chi connectivity index (χ1) is 12.9. The fourth-order valence-electron chi connectivity index (χ4n) is 2.47. The van der Waals surface area contributed by atoms with Crippen LogP contribution in [0.25, 0.3) is 10.8 Å². The van der Waals surface area contributed by atoms with Crippen LogP contribution < -0.4 is 5.43 Å². The lowest BCUT2D eigenvalue weighted by atomic mass is 10.1. The van der Waals surface area contributed by atoms with Crippen molar-refractivity contribution in [3.8, 4) is 11.5 Å². The number of phenolic OH excluding ortho intramolecular Hbond substituents is 2. The molecule has 9 heteroatoms. The number of halogens is 1. The molecule has 0 saturated carbocycles. The van der Waals surface area contributed by atoms with Crippen molar-refractivity contribution in [1.82, 2.24) is 5.43 Å². The van der Waals surface area contributed by atoms with Gasteiger partial charge in [0.15, 0.2) is 0 Å². The molecule has 0 fully saturated rings. The Labute approximate surface area is 157 Å². The van der Waals surface area contributed by atoms with Gasteiger partial charge in [-0.05, 0) is 29.0 Å². The quantitative estimate of drug-likeness (QED) is 0.359. The molecule has 0 atom stereocenters. The number of amides is 1. The van der Waals surface area contributed by atoms with E-state index in [2.05, 4.69) is 10.5 Å². The van der Waals surface area contributed by atoms with Crippen molar-refractivity contribution in [2.24, 2.45) is 5.10 Å². The molecule has 3 aromatic rings. The third kappa shape index (κ3) is 3.80. The number of hydrogen-bond acceptors (Lipinski definition) is 6. The summed E-state index contributed by atoms with van der Waals surface area (Å²) in [6.07, 6.45) is 1.02. The highest BCUT2D eigenvalue weighted by atomic mass is 35.5. The molecule has 0 saturated heterocycles. The minimum absolute atomic E-state index is 0.00662. The van der Waals surface area contributed by atoms with Crippen molar-refractivity contribution >= 4 is 40.2 Å². The molecule has 8 nitrogen and oxygen atoms in total. The van der Waals surface area contributed by atoms with E-state index >= 15 is 0 Å². The van der Waals surface area contributed by atoms with E-state index in [0.29, 0.717) is 0 Å². The summed E-state index contributed by atoms with van der Waals surface area (Å²) in [5, 5.41) is 36.0. The third-order valence-electron chi connectivity index (χ3n) is 3.76. The van der Waals surface area contributed by atoms with Gasteiger partial charge in [-0.15, -0.1) is 0 Å². The van der Waals surface area contributed by atoms with Crippen LogP contribution in [0, 0.1) is 10.1 Å². The number of hydrazone groups is 1. The maximum absolute atomic E-state index is 12.2. The van der Waals surface area contributed by atoms with Crippen LogP contribution in [0.15, 0.2) is 53.6 Å². The van der Waals surface area contributed by atoms with E-state index < -0.39 is 22.3 Å². The van der Waals surface area contributed by atoms with E-state index in [-0.39, 0.29) is 21.9 Å². The normalized spacial score (nSPS) is 11.0. The number of rotatable bonds is 4. The van der Waals surface area contributed by atoms with E-state index in [1.807, 2.05) is 6.07 Å². The molecule has 0 aliphatic heterocycles. The summed E-state index contributed by atoms with van der Waals surface area (Å²) >= 11 is 5.78. The van der Waals surface area contributed by atoms with Crippen molar-refractivity contribution in [1.29, 1.82) is 0 Å². The van der Waals surface area contributed by atoms with Gasteiger partial charge >= 0.3 is 5.69 Å². The molecule has 3 N–H and O–H groups in total. The molecule has 0 bridgehead atoms. The monoisotopic (exact) mass is 385 g/mol. The van der Waals surface area contributed by atoms with Crippen molar-refractivity contribution < 1.29 is 19.9 Å². The Morgan fingerprint density at radius 1 is 1.15 bits per heavy atom. The molecule has 136 valence electrons. The van der Waals surface area contributed by atoms with Crippen molar-refractivity contribution in [2.45, 2.75) is 0 Å². The molecule has 0 radical (unpaired) electrons. The highest BCUT2D eigenvalue weighted by molar-refractivity contribution is 6.31. The number of nitrogens with one attached hydrogen (secondary N) is 1. The Balaban J connectivity index is 1.84. The number of phenols is 2. The second-order valence-corrected chi connectivity index (χ2v) is 5.97. The topological polar surface area (TPSA) is 125 Å². The van der Waals surface area contributed by atoms with E-state index in [1.54, 1.807) is 18.2 Å². The van der Waals surface area contributed by atoms with Crippen molar-refractivity contribution in [2.75, 3.05) is 0 Å². The fraction of sp³-hybridized carbons (Fsp3) is 0. The van der Waals surface area contributed by atoms with Gasteiger partial charge in [0.05, 0.1) is 16.7 Å². The minimum Gasteiger partial charge on any atom is -0.507 e. The first-order valence-corrected chi connectivity index (χ1v) is 7.96. The molecule has 1 amide bonds. The smallest absolute Gasteiger partial charge is 0.312 e. The lowest BCUT2D eigenvalue weighted by molar-refractivity contribution is -0.385. The van der Waals surface area contributed by atoms with Gasteiger partial charge in [0.2, 0.25) is 5.75 Å². The van der Waals surface area contributed by atoms with Gasteiger partial charge in [0.1, 0.15) is 5.75 Å². The lowest BCUT2D eigenvalue weighted by Crippen LogP contribution is -2.17. The molecule has 3 aromatic carbocycles. The molecule has 0 aliphatic carbocycles. The first-order valence-electron chi connectivity index (χ1n) is 7.59. The van der Waals surface area contributed by atoms with E-state index in [0.717, 1.165) is 23.1 Å². The number of nitro groups is 1. The van der Waals surface area contributed by atoms with Crippen LogP contribution in [0.3, 0.4) is 0 Å². The Morgan fingerprint density at radius 3 is 2.48 bits per heavy atom. The largest absolute Gasteiger partial charge is 0.507 e. The van der Waals surface area contributed by atoms with Crippen LogP contribution in [0.5, 0.6) is 11.5 Å². The average molecular weight is 386 g/mol. The average Bonchev–Trinajstić information content (AvgIpc) is 2.63. The molecule has 3 rings (SSSR count). The molecule has 0 unspecified atom stereocenters. The Morgan fingerprint density at radius 2 is 1.81 bits per heavy atom. The maximum Gasteiger partial charge on any atom is 0.312 e. The summed E-state index contributed by atoms with van der Waals surface area (Å²) in [7, 11) is 0. The van der Waals surface area contributed by atoms with Crippen molar-refractivity contribution in [3.63, 3.8) is 0 Å². The van der Waals surface area contributed by atoms with E-state index in [4.69, 9.17) is 11.6 Å². The van der Waals surface area contributed by atoms with Crippen LogP contribution in [-0.4, -0.2) is 27.3 Å². The number of aromatic hydroxyl groups is 2. The summed E-state index contributed by atoms with van der Waals surface area (Å²) < 4.78 is 0. The van der Waals surface area contributed by atoms with Crippen LogP contribution in [0.1, 0.15) is 15.9 Å². The number of nitrogens with zero attached hydrogens (tertiary/aromatic N) is 2. The van der Waals surface area contributed by atoms with Gasteiger partial charge in [-0.2, -0.15) is 5.10 Å². The van der Waals surface area contributed by atoms with Gasteiger partial charge < -0.3 is 10.2 Å². The number of carbonyl (C=O) groups is 1. The van der Waals surface area contributed by atoms with Gasteiger partial charge in [-0.1, -0.05) is 35.9 Å². The zero-order valence-electron chi connectivity index (χ0n) is 13.6. The van der Waals surface area contributed by atoms with Gasteiger partial charge in [0.25, 0.3) is 5.91 Å². The summed E-state index contributed by atoms with van der Waals surface area (Å²) in [5.74, 6) is -1.54. The standard InChI is InChI=1S/C18H12ClN3O5/c19-13-5-12(17(24)15(8-13)22(26)27)9-20-21-18(25)14-6-10-3-1-2-4-11(10)7-16(14)23/h1-9,23-24H,(H,21,25). The maximum atomic E-state index is 12.2. The van der Waals surface area contributed by atoms with E-state index in [1.165, 1.54) is 18.2 Å². The van der Waals surface area contributed by atoms with Crippen LogP contribution >= 0.6 is 11.6 Å². The number of fused-ring (bicyclic) bond motifs is 1.